The molecule has 1 N–H and O–H groups in total. The standard InChI is InChI=1S/C20H20N2O2S/c1-3-14-12-15-6-4-5-7-18(15)22-20(14)25-13-19(23)21-16-8-10-17(24-2)11-9-16/h4-12H,3,13H2,1-2H3,(H,21,23). The van der Waals surface area contributed by atoms with Crippen molar-refractivity contribution in [2.75, 3.05) is 18.2 Å². The number of aryl methyl sites for hydroxylation is 1. The Morgan fingerprint density at radius 3 is 2.64 bits per heavy atom. The lowest BCUT2D eigenvalue weighted by Gasteiger charge is -2.09. The van der Waals surface area contributed by atoms with Gasteiger partial charge < -0.3 is 10.1 Å². The number of fused-ring (bicyclic) bond motifs is 1. The molecule has 128 valence electrons. The quantitative estimate of drug-likeness (QED) is 0.662. The average molecular weight is 352 g/mol. The predicted octanol–water partition coefficient (Wildman–Crippen LogP) is 4.54. The van der Waals surface area contributed by atoms with Gasteiger partial charge >= 0.3 is 0 Å². The molecule has 0 saturated heterocycles. The molecule has 0 spiro atoms. The number of amides is 1. The zero-order chi connectivity index (χ0) is 17.6. The molecular formula is C20H20N2O2S. The smallest absolute Gasteiger partial charge is 0.234 e. The number of carbonyl (C=O) groups is 1. The highest BCUT2D eigenvalue weighted by Gasteiger charge is 2.09. The van der Waals surface area contributed by atoms with Gasteiger partial charge in [0.05, 0.1) is 18.4 Å². The summed E-state index contributed by atoms with van der Waals surface area (Å²) in [6.07, 6.45) is 0.889. The lowest BCUT2D eigenvalue weighted by atomic mass is 10.1. The molecular weight excluding hydrogens is 332 g/mol. The largest absolute Gasteiger partial charge is 0.497 e. The number of pyridine rings is 1. The fourth-order valence-corrected chi connectivity index (χ4v) is 3.42. The second-order valence-electron chi connectivity index (χ2n) is 5.56. The molecule has 5 heteroatoms. The Morgan fingerprint density at radius 1 is 1.16 bits per heavy atom. The minimum Gasteiger partial charge on any atom is -0.497 e. The first-order chi connectivity index (χ1) is 12.2. The number of benzene rings is 2. The number of carbonyl (C=O) groups excluding carboxylic acids is 1. The van der Waals surface area contributed by atoms with Crippen LogP contribution in [-0.2, 0) is 11.2 Å². The fraction of sp³-hybridized carbons (Fsp3) is 0.200. The van der Waals surface area contributed by atoms with E-state index in [0.717, 1.165) is 33.8 Å². The number of thioether (sulfide) groups is 1. The van der Waals surface area contributed by atoms with Gasteiger partial charge in [0.25, 0.3) is 0 Å². The molecule has 3 aromatic rings. The maximum absolute atomic E-state index is 12.2. The molecule has 1 heterocycles. The minimum atomic E-state index is -0.0489. The summed E-state index contributed by atoms with van der Waals surface area (Å²) >= 11 is 1.47. The molecule has 0 radical (unpaired) electrons. The van der Waals surface area contributed by atoms with Crippen LogP contribution in [-0.4, -0.2) is 23.8 Å². The van der Waals surface area contributed by atoms with E-state index in [-0.39, 0.29) is 5.91 Å². The highest BCUT2D eigenvalue weighted by Crippen LogP contribution is 2.25. The lowest BCUT2D eigenvalue weighted by Crippen LogP contribution is -2.14. The average Bonchev–Trinajstić information content (AvgIpc) is 2.66. The molecule has 2 aromatic carbocycles. The van der Waals surface area contributed by atoms with Crippen molar-refractivity contribution in [2.24, 2.45) is 0 Å². The third kappa shape index (κ3) is 4.31. The summed E-state index contributed by atoms with van der Waals surface area (Å²) < 4.78 is 5.12. The molecule has 3 rings (SSSR count). The fourth-order valence-electron chi connectivity index (χ4n) is 2.53. The molecule has 1 amide bonds. The summed E-state index contributed by atoms with van der Waals surface area (Å²) in [4.78, 5) is 16.9. The van der Waals surface area contributed by atoms with Crippen molar-refractivity contribution in [1.82, 2.24) is 4.98 Å². The number of nitrogens with one attached hydrogen (secondary N) is 1. The van der Waals surface area contributed by atoms with Gasteiger partial charge in [0.1, 0.15) is 10.8 Å². The Bertz CT molecular complexity index is 879. The van der Waals surface area contributed by atoms with Crippen molar-refractivity contribution >= 4 is 34.3 Å². The highest BCUT2D eigenvalue weighted by molar-refractivity contribution is 8.00. The van der Waals surface area contributed by atoms with Crippen LogP contribution in [0.25, 0.3) is 10.9 Å². The molecule has 0 aliphatic rings. The van der Waals surface area contributed by atoms with Gasteiger partial charge in [-0.2, -0.15) is 0 Å². The molecule has 0 unspecified atom stereocenters. The number of para-hydroxylation sites is 1. The first-order valence-electron chi connectivity index (χ1n) is 8.15. The topological polar surface area (TPSA) is 51.2 Å². The Balaban J connectivity index is 1.67. The van der Waals surface area contributed by atoms with Crippen LogP contribution in [0, 0.1) is 0 Å². The number of hydrogen-bond acceptors (Lipinski definition) is 4. The van der Waals surface area contributed by atoms with Crippen LogP contribution in [0.1, 0.15) is 12.5 Å². The number of nitrogens with zero attached hydrogens (tertiary/aromatic N) is 1. The summed E-state index contributed by atoms with van der Waals surface area (Å²) in [5, 5.41) is 4.95. The van der Waals surface area contributed by atoms with E-state index in [1.54, 1.807) is 7.11 Å². The van der Waals surface area contributed by atoms with Gasteiger partial charge in [-0.25, -0.2) is 4.98 Å². The van der Waals surface area contributed by atoms with Crippen LogP contribution in [0.2, 0.25) is 0 Å². The van der Waals surface area contributed by atoms with Gasteiger partial charge in [-0.3, -0.25) is 4.79 Å². The van der Waals surface area contributed by atoms with Crippen LogP contribution in [0.4, 0.5) is 5.69 Å². The van der Waals surface area contributed by atoms with Crippen molar-refractivity contribution in [2.45, 2.75) is 18.4 Å². The second-order valence-corrected chi connectivity index (χ2v) is 6.53. The SMILES string of the molecule is CCc1cc2ccccc2nc1SCC(=O)Nc1ccc(OC)cc1. The first-order valence-corrected chi connectivity index (χ1v) is 9.13. The number of rotatable bonds is 6. The summed E-state index contributed by atoms with van der Waals surface area (Å²) in [6, 6.07) is 17.5. The molecule has 0 atom stereocenters. The minimum absolute atomic E-state index is 0.0489. The summed E-state index contributed by atoms with van der Waals surface area (Å²) in [7, 11) is 1.62. The van der Waals surface area contributed by atoms with Gasteiger partial charge in [-0.1, -0.05) is 36.9 Å². The lowest BCUT2D eigenvalue weighted by molar-refractivity contribution is -0.113. The molecule has 0 aliphatic heterocycles. The third-order valence-electron chi connectivity index (χ3n) is 3.86. The Morgan fingerprint density at radius 2 is 1.92 bits per heavy atom. The van der Waals surface area contributed by atoms with Crippen molar-refractivity contribution in [3.05, 3.63) is 60.2 Å². The van der Waals surface area contributed by atoms with Gasteiger partial charge in [0.2, 0.25) is 5.91 Å². The number of hydrogen-bond donors (Lipinski definition) is 1. The Hall–Kier alpha value is -2.53. The van der Waals surface area contributed by atoms with Crippen LogP contribution >= 0.6 is 11.8 Å². The van der Waals surface area contributed by atoms with Crippen LogP contribution in [0.15, 0.2) is 59.6 Å². The molecule has 0 aliphatic carbocycles. The van der Waals surface area contributed by atoms with Gasteiger partial charge in [0, 0.05) is 11.1 Å². The maximum Gasteiger partial charge on any atom is 0.234 e. The van der Waals surface area contributed by atoms with E-state index in [9.17, 15) is 4.79 Å². The molecule has 25 heavy (non-hydrogen) atoms. The van der Waals surface area contributed by atoms with Gasteiger partial charge in [-0.05, 0) is 48.4 Å². The highest BCUT2D eigenvalue weighted by atomic mass is 32.2. The number of ether oxygens (including phenoxy) is 1. The molecule has 4 nitrogen and oxygen atoms in total. The second kappa shape index (κ2) is 8.03. The molecule has 0 bridgehead atoms. The Labute approximate surface area is 151 Å². The predicted molar refractivity (Wildman–Crippen MR) is 103 cm³/mol. The van der Waals surface area contributed by atoms with E-state index in [1.807, 2.05) is 42.5 Å². The van der Waals surface area contributed by atoms with E-state index in [0.29, 0.717) is 5.75 Å². The third-order valence-corrected chi connectivity index (χ3v) is 4.89. The van der Waals surface area contributed by atoms with E-state index in [1.165, 1.54) is 17.3 Å². The summed E-state index contributed by atoms with van der Waals surface area (Å²) in [5.41, 5.74) is 2.88. The maximum atomic E-state index is 12.2. The zero-order valence-electron chi connectivity index (χ0n) is 14.3. The number of methoxy groups -OCH3 is 1. The van der Waals surface area contributed by atoms with Crippen molar-refractivity contribution in [3.63, 3.8) is 0 Å². The van der Waals surface area contributed by atoms with Gasteiger partial charge in [0.15, 0.2) is 0 Å². The van der Waals surface area contributed by atoms with Crippen LogP contribution in [0.3, 0.4) is 0 Å². The van der Waals surface area contributed by atoms with Crippen molar-refractivity contribution in [3.8, 4) is 5.75 Å². The van der Waals surface area contributed by atoms with Crippen LogP contribution < -0.4 is 10.1 Å². The van der Waals surface area contributed by atoms with E-state index in [2.05, 4.69) is 24.4 Å². The first kappa shape index (κ1) is 17.3. The van der Waals surface area contributed by atoms with E-state index >= 15 is 0 Å². The van der Waals surface area contributed by atoms with Crippen molar-refractivity contribution < 1.29 is 9.53 Å². The molecule has 1 aromatic heterocycles. The normalized spacial score (nSPS) is 10.6. The number of anilines is 1. The Kier molecular flexibility index (Phi) is 5.56. The van der Waals surface area contributed by atoms with E-state index in [4.69, 9.17) is 9.72 Å². The zero-order valence-corrected chi connectivity index (χ0v) is 15.1. The molecule has 0 fully saturated rings. The van der Waals surface area contributed by atoms with E-state index < -0.39 is 0 Å². The van der Waals surface area contributed by atoms with Gasteiger partial charge in [-0.15, -0.1) is 0 Å². The summed E-state index contributed by atoms with van der Waals surface area (Å²) in [6.45, 7) is 2.10. The molecule has 0 saturated carbocycles. The number of aromatic nitrogens is 1. The summed E-state index contributed by atoms with van der Waals surface area (Å²) in [5.74, 6) is 1.04. The van der Waals surface area contributed by atoms with Crippen LogP contribution in [0.5, 0.6) is 5.75 Å². The van der Waals surface area contributed by atoms with Crippen molar-refractivity contribution in [1.29, 1.82) is 0 Å². The monoisotopic (exact) mass is 352 g/mol.